The molecule has 0 aromatic rings. The van der Waals surface area contributed by atoms with E-state index in [9.17, 15) is 18.0 Å². The van der Waals surface area contributed by atoms with Gasteiger partial charge in [-0.1, -0.05) is 13.3 Å². The minimum absolute atomic E-state index is 0.314. The second-order valence-corrected chi connectivity index (χ2v) is 3.70. The molecule has 0 amide bonds. The summed E-state index contributed by atoms with van der Waals surface area (Å²) in [4.78, 5) is 12.7. The molecule has 1 atom stereocenters. The lowest BCUT2D eigenvalue weighted by Crippen LogP contribution is -2.48. The molecule has 87 valence electrons. The van der Waals surface area contributed by atoms with Crippen LogP contribution in [0.2, 0.25) is 0 Å². The predicted octanol–water partition coefficient (Wildman–Crippen LogP) is 2.54. The van der Waals surface area contributed by atoms with Gasteiger partial charge in [0.05, 0.1) is 6.04 Å². The fraction of sp³-hybridized carbons (Fsp3) is 0.800. The Morgan fingerprint density at radius 3 is 2.67 bits per heavy atom. The zero-order valence-corrected chi connectivity index (χ0v) is 8.68. The lowest BCUT2D eigenvalue weighted by atomic mass is 9.98. The first-order chi connectivity index (χ1) is 6.96. The number of carbonyl (C=O) groups excluding carboxylic acids is 1. The monoisotopic (exact) mass is 222 g/mol. The summed E-state index contributed by atoms with van der Waals surface area (Å²) in [6.07, 6.45) is -2.18. The van der Waals surface area contributed by atoms with Crippen LogP contribution in [-0.4, -0.2) is 29.4 Å². The maximum Gasteiger partial charge on any atom is 0.451 e. The van der Waals surface area contributed by atoms with Crippen LogP contribution in [0.4, 0.5) is 13.2 Å². The number of ketones is 1. The molecule has 1 fully saturated rings. The summed E-state index contributed by atoms with van der Waals surface area (Å²) < 4.78 is 36.8. The fourth-order valence-corrected chi connectivity index (χ4v) is 1.88. The van der Waals surface area contributed by atoms with Gasteiger partial charge < -0.3 is 0 Å². The number of rotatable bonds is 3. The highest BCUT2D eigenvalue weighted by Gasteiger charge is 2.45. The molecule has 1 rings (SSSR count). The maximum atomic E-state index is 12.3. The molecule has 1 aliphatic rings. The van der Waals surface area contributed by atoms with Crippen molar-refractivity contribution in [3.8, 4) is 0 Å². The highest BCUT2D eigenvalue weighted by molar-refractivity contribution is 5.89. The molecular formula is C10H15F3NO. The van der Waals surface area contributed by atoms with Crippen molar-refractivity contribution < 1.29 is 18.0 Å². The van der Waals surface area contributed by atoms with Crippen molar-refractivity contribution in [1.82, 2.24) is 4.90 Å². The van der Waals surface area contributed by atoms with Crippen molar-refractivity contribution in [3.63, 3.8) is 0 Å². The Bertz CT molecular complexity index is 225. The molecule has 1 aliphatic heterocycles. The highest BCUT2D eigenvalue weighted by atomic mass is 19.4. The van der Waals surface area contributed by atoms with E-state index in [0.717, 1.165) is 6.42 Å². The number of halogens is 3. The molecule has 0 aromatic carbocycles. The lowest BCUT2D eigenvalue weighted by molar-refractivity contribution is -0.177. The molecule has 1 unspecified atom stereocenters. The van der Waals surface area contributed by atoms with E-state index in [2.05, 4.69) is 0 Å². The van der Waals surface area contributed by atoms with Gasteiger partial charge in [0.25, 0.3) is 5.78 Å². The third-order valence-electron chi connectivity index (χ3n) is 2.54. The van der Waals surface area contributed by atoms with Crippen LogP contribution in [0.25, 0.3) is 0 Å². The zero-order valence-electron chi connectivity index (χ0n) is 8.68. The summed E-state index contributed by atoms with van der Waals surface area (Å²) >= 11 is 0. The summed E-state index contributed by atoms with van der Waals surface area (Å²) in [5, 5.41) is 0. The molecule has 1 radical (unpaired) electrons. The van der Waals surface area contributed by atoms with Crippen molar-refractivity contribution in [2.24, 2.45) is 0 Å². The first-order valence-corrected chi connectivity index (χ1v) is 5.17. The number of piperidine rings is 1. The number of alkyl halides is 3. The van der Waals surface area contributed by atoms with E-state index >= 15 is 0 Å². The summed E-state index contributed by atoms with van der Waals surface area (Å²) in [5.74, 6) is -1.60. The quantitative estimate of drug-likeness (QED) is 0.731. The van der Waals surface area contributed by atoms with Crippen LogP contribution in [0.3, 0.4) is 0 Å². The number of hydrogen-bond donors (Lipinski definition) is 0. The number of nitrogens with zero attached hydrogens (tertiary/aromatic N) is 1. The SMILES string of the molecule is CC[CH]N1CCCCC1C(=O)C(F)(F)F. The van der Waals surface area contributed by atoms with Crippen LogP contribution in [-0.2, 0) is 4.79 Å². The van der Waals surface area contributed by atoms with Gasteiger partial charge in [0.1, 0.15) is 0 Å². The molecule has 0 aliphatic carbocycles. The zero-order chi connectivity index (χ0) is 11.5. The number of Topliss-reactive ketones (excluding diaryl/α,β-unsaturated/α-hetero) is 1. The van der Waals surface area contributed by atoms with Gasteiger partial charge in [0.2, 0.25) is 0 Å². The van der Waals surface area contributed by atoms with E-state index in [-0.39, 0.29) is 0 Å². The van der Waals surface area contributed by atoms with Crippen molar-refractivity contribution in [2.45, 2.75) is 44.8 Å². The molecule has 0 saturated carbocycles. The van der Waals surface area contributed by atoms with E-state index in [1.54, 1.807) is 11.4 Å². The molecule has 1 heterocycles. The largest absolute Gasteiger partial charge is 0.451 e. The van der Waals surface area contributed by atoms with E-state index < -0.39 is 18.0 Å². The van der Waals surface area contributed by atoms with Gasteiger partial charge in [0, 0.05) is 6.54 Å². The minimum Gasteiger partial charge on any atom is -0.289 e. The fourth-order valence-electron chi connectivity index (χ4n) is 1.88. The van der Waals surface area contributed by atoms with E-state index in [1.807, 2.05) is 6.92 Å². The minimum atomic E-state index is -4.71. The summed E-state index contributed by atoms with van der Waals surface area (Å²) in [5.41, 5.74) is 0. The smallest absolute Gasteiger partial charge is 0.289 e. The van der Waals surface area contributed by atoms with Gasteiger partial charge in [-0.05, 0) is 25.8 Å². The summed E-state index contributed by atoms with van der Waals surface area (Å²) in [6.45, 7) is 4.09. The summed E-state index contributed by atoms with van der Waals surface area (Å²) in [6, 6.07) is -0.987. The molecule has 0 N–H and O–H groups in total. The molecule has 0 bridgehead atoms. The first kappa shape index (κ1) is 12.5. The van der Waals surface area contributed by atoms with Gasteiger partial charge in [-0.15, -0.1) is 0 Å². The number of likely N-dealkylation sites (tertiary alicyclic amines) is 1. The Labute approximate surface area is 87.4 Å². The third kappa shape index (κ3) is 3.19. The molecule has 15 heavy (non-hydrogen) atoms. The van der Waals surface area contributed by atoms with Gasteiger partial charge in [-0.25, -0.2) is 0 Å². The average molecular weight is 222 g/mol. The average Bonchev–Trinajstić information content (AvgIpc) is 2.17. The molecule has 5 heteroatoms. The van der Waals surface area contributed by atoms with Crippen LogP contribution in [0.15, 0.2) is 0 Å². The van der Waals surface area contributed by atoms with Gasteiger partial charge in [-0.2, -0.15) is 13.2 Å². The third-order valence-corrected chi connectivity index (χ3v) is 2.54. The Balaban J connectivity index is 2.67. The number of hydrogen-bond acceptors (Lipinski definition) is 2. The molecule has 0 aromatic heterocycles. The molecule has 0 spiro atoms. The van der Waals surface area contributed by atoms with Gasteiger partial charge in [0.15, 0.2) is 0 Å². The van der Waals surface area contributed by atoms with Crippen LogP contribution < -0.4 is 0 Å². The maximum absolute atomic E-state index is 12.3. The molecular weight excluding hydrogens is 207 g/mol. The second-order valence-electron chi connectivity index (χ2n) is 3.70. The van der Waals surface area contributed by atoms with Crippen molar-refractivity contribution in [3.05, 3.63) is 6.54 Å². The normalized spacial score (nSPS) is 24.1. The van der Waals surface area contributed by atoms with Gasteiger partial charge >= 0.3 is 6.18 Å². The Morgan fingerprint density at radius 1 is 1.47 bits per heavy atom. The van der Waals surface area contributed by atoms with Crippen molar-refractivity contribution >= 4 is 5.78 Å². The van der Waals surface area contributed by atoms with E-state index in [1.165, 1.54) is 0 Å². The van der Waals surface area contributed by atoms with Crippen LogP contribution in [0.1, 0.15) is 32.6 Å². The van der Waals surface area contributed by atoms with Crippen LogP contribution in [0, 0.1) is 6.54 Å². The molecule has 2 nitrogen and oxygen atoms in total. The Morgan fingerprint density at radius 2 is 2.13 bits per heavy atom. The standard InChI is InChI=1S/C10H15F3NO/c1-2-6-14-7-4-3-5-8(14)9(15)10(11,12)13/h6,8H,2-5,7H2,1H3. The first-order valence-electron chi connectivity index (χ1n) is 5.17. The lowest BCUT2D eigenvalue weighted by Gasteiger charge is -2.34. The Kier molecular flexibility index (Phi) is 4.13. The van der Waals surface area contributed by atoms with E-state index in [4.69, 9.17) is 0 Å². The van der Waals surface area contributed by atoms with E-state index in [0.29, 0.717) is 25.8 Å². The van der Waals surface area contributed by atoms with Gasteiger partial charge in [-0.3, -0.25) is 9.69 Å². The summed E-state index contributed by atoms with van der Waals surface area (Å²) in [7, 11) is 0. The van der Waals surface area contributed by atoms with Crippen molar-refractivity contribution in [1.29, 1.82) is 0 Å². The Hall–Kier alpha value is -0.580. The van der Waals surface area contributed by atoms with Crippen molar-refractivity contribution in [2.75, 3.05) is 6.54 Å². The van der Waals surface area contributed by atoms with Crippen LogP contribution >= 0.6 is 0 Å². The van der Waals surface area contributed by atoms with Crippen LogP contribution in [0.5, 0.6) is 0 Å². The highest BCUT2D eigenvalue weighted by Crippen LogP contribution is 2.27. The number of carbonyl (C=O) groups is 1. The predicted molar refractivity (Wildman–Crippen MR) is 50.0 cm³/mol. The second kappa shape index (κ2) is 4.96. The topological polar surface area (TPSA) is 20.3 Å². The molecule has 1 saturated heterocycles.